The lowest BCUT2D eigenvalue weighted by Crippen LogP contribution is -2.25. The van der Waals surface area contributed by atoms with E-state index in [0.717, 1.165) is 23.8 Å². The summed E-state index contributed by atoms with van der Waals surface area (Å²) in [6.07, 6.45) is 5.80. The van der Waals surface area contributed by atoms with Crippen LogP contribution in [0.4, 0.5) is 11.6 Å². The van der Waals surface area contributed by atoms with Crippen LogP contribution in [0, 0.1) is 10.1 Å². The van der Waals surface area contributed by atoms with Crippen LogP contribution in [0.1, 0.15) is 19.3 Å². The molecular weight excluding hydrogens is 392 g/mol. The zero-order valence-electron chi connectivity index (χ0n) is 14.2. The number of aromatic nitrogens is 3. The first-order valence-corrected chi connectivity index (χ1v) is 10.5. The van der Waals surface area contributed by atoms with Crippen molar-refractivity contribution in [2.45, 2.75) is 24.2 Å². The van der Waals surface area contributed by atoms with Crippen LogP contribution in [0.2, 0.25) is 0 Å². The molecule has 27 heavy (non-hydrogen) atoms. The highest BCUT2D eigenvalue weighted by Crippen LogP contribution is 2.22. The van der Waals surface area contributed by atoms with Gasteiger partial charge in [-0.1, -0.05) is 18.6 Å². The number of benzene rings is 1. The molecule has 0 fully saturated rings. The summed E-state index contributed by atoms with van der Waals surface area (Å²) in [4.78, 5) is 14.9. The highest BCUT2D eigenvalue weighted by molar-refractivity contribution is 7.89. The van der Waals surface area contributed by atoms with Crippen LogP contribution in [-0.4, -0.2) is 40.2 Å². The molecule has 0 saturated heterocycles. The minimum atomic E-state index is -3.91. The van der Waals surface area contributed by atoms with Gasteiger partial charge in [-0.3, -0.25) is 14.5 Å². The number of rotatable bonds is 10. The molecule has 0 saturated carbocycles. The zero-order valence-corrected chi connectivity index (χ0v) is 15.9. The topological polar surface area (TPSA) is 132 Å². The van der Waals surface area contributed by atoms with E-state index in [1.807, 2.05) is 10.6 Å². The van der Waals surface area contributed by atoms with Gasteiger partial charge in [0.25, 0.3) is 5.69 Å². The Morgan fingerprint density at radius 2 is 1.96 bits per heavy atom. The maximum absolute atomic E-state index is 12.3. The first kappa shape index (κ1) is 19.2. The minimum absolute atomic E-state index is 0.219. The van der Waals surface area contributed by atoms with Crippen LogP contribution in [-0.2, 0) is 10.0 Å². The lowest BCUT2D eigenvalue weighted by atomic mass is 10.2. The molecule has 144 valence electrons. The number of sulfonamides is 1. The Balaban J connectivity index is 1.41. The SMILES string of the molecule is O=[N+]([O-])c1ccccc1S(=O)(=O)NCCCCCNc1nsc2nccn12. The number of nitrogens with zero attached hydrogens (tertiary/aromatic N) is 4. The predicted octanol–water partition coefficient (Wildman–Crippen LogP) is 2.26. The molecule has 0 aliphatic rings. The first-order chi connectivity index (χ1) is 13.0. The normalized spacial score (nSPS) is 11.7. The third-order valence-electron chi connectivity index (χ3n) is 3.83. The summed E-state index contributed by atoms with van der Waals surface area (Å²) in [5.74, 6) is 0.740. The van der Waals surface area contributed by atoms with Gasteiger partial charge in [-0.15, -0.1) is 0 Å². The van der Waals surface area contributed by atoms with E-state index < -0.39 is 20.6 Å². The van der Waals surface area contributed by atoms with Crippen molar-refractivity contribution < 1.29 is 13.3 Å². The lowest BCUT2D eigenvalue weighted by molar-refractivity contribution is -0.387. The molecule has 0 aliphatic carbocycles. The van der Waals surface area contributed by atoms with E-state index in [1.54, 1.807) is 6.20 Å². The van der Waals surface area contributed by atoms with Gasteiger partial charge in [0.15, 0.2) is 4.90 Å². The van der Waals surface area contributed by atoms with Crippen LogP contribution in [0.5, 0.6) is 0 Å². The van der Waals surface area contributed by atoms with Gasteiger partial charge >= 0.3 is 0 Å². The van der Waals surface area contributed by atoms with E-state index in [2.05, 4.69) is 19.4 Å². The van der Waals surface area contributed by atoms with Crippen LogP contribution >= 0.6 is 11.5 Å². The Hall–Kier alpha value is -2.57. The van der Waals surface area contributed by atoms with Gasteiger partial charge in [-0.05, 0) is 18.9 Å². The van der Waals surface area contributed by atoms with Crippen LogP contribution < -0.4 is 10.0 Å². The van der Waals surface area contributed by atoms with Gasteiger partial charge in [0.2, 0.25) is 20.9 Å². The summed E-state index contributed by atoms with van der Waals surface area (Å²) in [5, 5.41) is 14.2. The monoisotopic (exact) mass is 410 g/mol. The quantitative estimate of drug-likeness (QED) is 0.298. The molecule has 2 aromatic heterocycles. The van der Waals surface area contributed by atoms with Crippen molar-refractivity contribution in [3.8, 4) is 0 Å². The Labute approximate surface area is 159 Å². The smallest absolute Gasteiger partial charge is 0.289 e. The number of hydrogen-bond acceptors (Lipinski definition) is 8. The largest absolute Gasteiger partial charge is 0.355 e. The fourth-order valence-electron chi connectivity index (χ4n) is 2.51. The summed E-state index contributed by atoms with van der Waals surface area (Å²) in [5.41, 5.74) is -0.428. The average molecular weight is 410 g/mol. The van der Waals surface area contributed by atoms with Gasteiger partial charge < -0.3 is 5.32 Å². The van der Waals surface area contributed by atoms with Crippen molar-refractivity contribution in [2.24, 2.45) is 0 Å². The molecular formula is C15H18N6O4S2. The molecule has 10 nitrogen and oxygen atoms in total. The van der Waals surface area contributed by atoms with Crippen molar-refractivity contribution in [3.05, 3.63) is 46.8 Å². The zero-order chi connectivity index (χ0) is 19.3. The summed E-state index contributed by atoms with van der Waals surface area (Å²) in [6.45, 7) is 0.921. The summed E-state index contributed by atoms with van der Waals surface area (Å²) in [6, 6.07) is 5.30. The van der Waals surface area contributed by atoms with E-state index in [9.17, 15) is 18.5 Å². The molecule has 1 aromatic carbocycles. The number of imidazole rings is 1. The molecule has 12 heteroatoms. The van der Waals surface area contributed by atoms with Crippen molar-refractivity contribution >= 4 is 38.2 Å². The van der Waals surface area contributed by atoms with Crippen molar-refractivity contribution in [1.29, 1.82) is 0 Å². The summed E-state index contributed by atoms with van der Waals surface area (Å²) < 4.78 is 33.1. The Morgan fingerprint density at radius 3 is 2.78 bits per heavy atom. The fourth-order valence-corrected chi connectivity index (χ4v) is 4.42. The second-order valence-electron chi connectivity index (χ2n) is 5.70. The van der Waals surface area contributed by atoms with Crippen molar-refractivity contribution in [3.63, 3.8) is 0 Å². The van der Waals surface area contributed by atoms with Crippen LogP contribution in [0.3, 0.4) is 0 Å². The number of nitro benzene ring substituents is 1. The average Bonchev–Trinajstić information content (AvgIpc) is 3.25. The molecule has 0 amide bonds. The number of fused-ring (bicyclic) bond motifs is 1. The van der Waals surface area contributed by atoms with Gasteiger partial charge in [-0.25, -0.2) is 18.1 Å². The number of anilines is 1. The molecule has 2 N–H and O–H groups in total. The number of para-hydroxylation sites is 1. The highest BCUT2D eigenvalue weighted by atomic mass is 32.2. The highest BCUT2D eigenvalue weighted by Gasteiger charge is 2.24. The van der Waals surface area contributed by atoms with Crippen molar-refractivity contribution in [2.75, 3.05) is 18.4 Å². The van der Waals surface area contributed by atoms with Gasteiger partial charge in [0.05, 0.1) is 4.92 Å². The van der Waals surface area contributed by atoms with E-state index in [4.69, 9.17) is 0 Å². The Kier molecular flexibility index (Phi) is 5.98. The molecule has 3 rings (SSSR count). The van der Waals surface area contributed by atoms with E-state index >= 15 is 0 Å². The minimum Gasteiger partial charge on any atom is -0.355 e. The standard InChI is InChI=1S/C15H18N6O4S2/c22-21(23)12-6-2-3-7-13(12)27(24,25)18-9-5-1-4-8-16-14-19-26-15-17-10-11-20(14)15/h2-3,6-7,10-11,18H,1,4-5,8-9H2,(H,16,19). The first-order valence-electron chi connectivity index (χ1n) is 8.25. The van der Waals surface area contributed by atoms with Crippen LogP contribution in [0.15, 0.2) is 41.6 Å². The number of nitro groups is 1. The third-order valence-corrected chi connectivity index (χ3v) is 6.07. The Morgan fingerprint density at radius 1 is 1.19 bits per heavy atom. The summed E-state index contributed by atoms with van der Waals surface area (Å²) >= 11 is 1.31. The molecule has 0 atom stereocenters. The maximum atomic E-state index is 12.3. The maximum Gasteiger partial charge on any atom is 0.289 e. The van der Waals surface area contributed by atoms with Gasteiger partial charge in [-0.2, -0.15) is 4.37 Å². The molecule has 0 unspecified atom stereocenters. The second-order valence-corrected chi connectivity index (χ2v) is 8.16. The molecule has 2 heterocycles. The van der Waals surface area contributed by atoms with Gasteiger partial charge in [0, 0.05) is 43.1 Å². The molecule has 3 aromatic rings. The molecule has 0 bridgehead atoms. The van der Waals surface area contributed by atoms with Crippen LogP contribution in [0.25, 0.3) is 4.96 Å². The van der Waals surface area contributed by atoms with E-state index in [-0.39, 0.29) is 11.4 Å². The number of nitrogens with one attached hydrogen (secondary N) is 2. The molecule has 0 spiro atoms. The van der Waals surface area contributed by atoms with Crippen molar-refractivity contribution in [1.82, 2.24) is 18.5 Å². The third kappa shape index (κ3) is 4.59. The fraction of sp³-hybridized carbons (Fsp3) is 0.333. The second kappa shape index (κ2) is 8.41. The number of unbranched alkanes of at least 4 members (excludes halogenated alkanes) is 2. The van der Waals surface area contributed by atoms with E-state index in [0.29, 0.717) is 13.0 Å². The van der Waals surface area contributed by atoms with E-state index in [1.165, 1.54) is 35.8 Å². The Bertz CT molecular complexity index is 1030. The molecule has 0 radical (unpaired) electrons. The predicted molar refractivity (Wildman–Crippen MR) is 101 cm³/mol. The summed E-state index contributed by atoms with van der Waals surface area (Å²) in [7, 11) is -3.91. The molecule has 0 aliphatic heterocycles. The van der Waals surface area contributed by atoms with Gasteiger partial charge in [0.1, 0.15) is 0 Å². The lowest BCUT2D eigenvalue weighted by Gasteiger charge is -2.07. The number of hydrogen-bond donors (Lipinski definition) is 2.